The summed E-state index contributed by atoms with van der Waals surface area (Å²) in [6.07, 6.45) is 78.5. The van der Waals surface area contributed by atoms with E-state index in [1.54, 1.807) is 0 Å². The van der Waals surface area contributed by atoms with Crippen LogP contribution in [-0.2, 0) is 9.59 Å². The molecule has 0 radical (unpaired) electrons. The monoisotopic (exact) mass is 888 g/mol. The molecule has 1 amide bonds. The number of carboxylic acid groups (broad SMARTS) is 1. The molecule has 0 bridgehead atoms. The molecule has 0 aliphatic heterocycles. The molecule has 0 atom stereocenters. The number of amides is 1. The molecule has 3 N–H and O–H groups in total. The third kappa shape index (κ3) is 60.9. The van der Waals surface area contributed by atoms with Gasteiger partial charge in [0.05, 0.1) is 0 Å². The third-order valence-corrected chi connectivity index (χ3v) is 14.3. The zero-order chi connectivity index (χ0) is 45.5. The van der Waals surface area contributed by atoms with Crippen molar-refractivity contribution < 1.29 is 14.7 Å². The van der Waals surface area contributed by atoms with Crippen molar-refractivity contribution in [2.45, 2.75) is 366 Å². The number of carbonyl (C=O) groups is 2. The normalized spacial score (nSPS) is 11.6. The van der Waals surface area contributed by atoms with Crippen molar-refractivity contribution in [3.8, 4) is 0 Å². The van der Waals surface area contributed by atoms with E-state index in [0.717, 1.165) is 19.3 Å². The van der Waals surface area contributed by atoms with Crippen molar-refractivity contribution in [3.63, 3.8) is 0 Å². The lowest BCUT2D eigenvalue weighted by molar-refractivity contribution is -0.137. The number of unbranched alkanes of at least 4 members (excludes halogenated alkanes) is 54. The number of hydrogen-bond acceptors (Lipinski definition) is 2. The third-order valence-electron chi connectivity index (χ3n) is 14.3. The summed E-state index contributed by atoms with van der Waals surface area (Å²) >= 11 is 0. The van der Waals surface area contributed by atoms with Gasteiger partial charge in [-0.15, -0.1) is 0 Å². The molecule has 0 saturated carbocycles. The standard InChI is InChI=1S/C59H117NO3/c60-58(61)56-54-52-50-48-46-44-42-40-38-36-34-32-30-28-26-24-22-20-18-16-14-12-10-8-6-4-2-1-3-5-7-9-11-13-15-17-19-21-23-25-27-29-31-33-35-37-39-41-43-45-47-49-51-53-55-57-59(62)63/h1-57H2,(H2,60,61)(H,62,63). The van der Waals surface area contributed by atoms with E-state index in [0.29, 0.717) is 12.8 Å². The van der Waals surface area contributed by atoms with Gasteiger partial charge in [0, 0.05) is 12.8 Å². The molecule has 0 aromatic rings. The van der Waals surface area contributed by atoms with Gasteiger partial charge in [-0.05, 0) is 12.8 Å². The van der Waals surface area contributed by atoms with Gasteiger partial charge in [-0.1, -0.05) is 340 Å². The van der Waals surface area contributed by atoms with Crippen LogP contribution in [-0.4, -0.2) is 17.0 Å². The molecule has 0 saturated heterocycles. The number of primary amides is 1. The van der Waals surface area contributed by atoms with Crippen LogP contribution in [0, 0.1) is 0 Å². The first kappa shape index (κ1) is 61.9. The first-order valence-corrected chi connectivity index (χ1v) is 29.6. The van der Waals surface area contributed by atoms with E-state index in [1.807, 2.05) is 0 Å². The van der Waals surface area contributed by atoms with E-state index in [9.17, 15) is 9.59 Å². The lowest BCUT2D eigenvalue weighted by Crippen LogP contribution is -2.09. The zero-order valence-corrected chi connectivity index (χ0v) is 43.1. The Bertz CT molecular complexity index is 792. The van der Waals surface area contributed by atoms with Crippen LogP contribution < -0.4 is 5.73 Å². The van der Waals surface area contributed by atoms with E-state index in [4.69, 9.17) is 10.8 Å². The lowest BCUT2D eigenvalue weighted by atomic mass is 10.0. The Morgan fingerprint density at radius 2 is 0.286 bits per heavy atom. The Morgan fingerprint density at radius 3 is 0.381 bits per heavy atom. The molecular weight excluding hydrogens is 771 g/mol. The maximum absolute atomic E-state index is 10.7. The summed E-state index contributed by atoms with van der Waals surface area (Å²) in [5.41, 5.74) is 5.19. The lowest BCUT2D eigenvalue weighted by Gasteiger charge is -2.05. The first-order chi connectivity index (χ1) is 31.1. The van der Waals surface area contributed by atoms with E-state index in [1.165, 1.54) is 334 Å². The molecule has 0 unspecified atom stereocenters. The number of nitrogens with two attached hydrogens (primary N) is 1. The van der Waals surface area contributed by atoms with Crippen molar-refractivity contribution in [3.05, 3.63) is 0 Å². The van der Waals surface area contributed by atoms with Crippen molar-refractivity contribution in [2.24, 2.45) is 5.73 Å². The molecule has 0 aliphatic carbocycles. The summed E-state index contributed by atoms with van der Waals surface area (Å²) in [5.74, 6) is -0.796. The highest BCUT2D eigenvalue weighted by atomic mass is 16.4. The van der Waals surface area contributed by atoms with Crippen LogP contribution in [0.3, 0.4) is 0 Å². The molecule has 4 heteroatoms. The predicted molar refractivity (Wildman–Crippen MR) is 280 cm³/mol. The Hall–Kier alpha value is -1.06. The van der Waals surface area contributed by atoms with E-state index < -0.39 is 5.97 Å². The fraction of sp³-hybridized carbons (Fsp3) is 0.966. The second-order valence-corrected chi connectivity index (χ2v) is 20.8. The van der Waals surface area contributed by atoms with Crippen LogP contribution in [0.5, 0.6) is 0 Å². The number of aliphatic carboxylic acids is 1. The Morgan fingerprint density at radius 1 is 0.190 bits per heavy atom. The average molecular weight is 889 g/mol. The van der Waals surface area contributed by atoms with E-state index in [2.05, 4.69) is 0 Å². The molecule has 0 aliphatic rings. The highest BCUT2D eigenvalue weighted by Crippen LogP contribution is 2.19. The molecule has 0 spiro atoms. The molecule has 376 valence electrons. The van der Waals surface area contributed by atoms with Crippen LogP contribution >= 0.6 is 0 Å². The summed E-state index contributed by atoms with van der Waals surface area (Å²) in [6.45, 7) is 0. The minimum atomic E-state index is -0.647. The summed E-state index contributed by atoms with van der Waals surface area (Å²) < 4.78 is 0. The topological polar surface area (TPSA) is 80.4 Å². The molecule has 4 nitrogen and oxygen atoms in total. The minimum absolute atomic E-state index is 0.148. The number of rotatable bonds is 58. The zero-order valence-electron chi connectivity index (χ0n) is 43.1. The smallest absolute Gasteiger partial charge is 0.303 e. The number of hydrogen-bond donors (Lipinski definition) is 2. The molecule has 0 heterocycles. The van der Waals surface area contributed by atoms with Crippen LogP contribution in [0.4, 0.5) is 0 Å². The maximum Gasteiger partial charge on any atom is 0.303 e. The molecular formula is C59H117NO3. The van der Waals surface area contributed by atoms with Crippen molar-refractivity contribution in [2.75, 3.05) is 0 Å². The van der Waals surface area contributed by atoms with Crippen LogP contribution in [0.25, 0.3) is 0 Å². The maximum atomic E-state index is 10.7. The number of carboxylic acids is 1. The van der Waals surface area contributed by atoms with Crippen LogP contribution in [0.2, 0.25) is 0 Å². The average Bonchev–Trinajstić information content (AvgIpc) is 3.27. The summed E-state index contributed by atoms with van der Waals surface area (Å²) in [5, 5.41) is 8.68. The largest absolute Gasteiger partial charge is 0.481 e. The van der Waals surface area contributed by atoms with Gasteiger partial charge in [0.25, 0.3) is 0 Å². The van der Waals surface area contributed by atoms with Gasteiger partial charge in [0.15, 0.2) is 0 Å². The molecule has 0 aromatic carbocycles. The minimum Gasteiger partial charge on any atom is -0.481 e. The SMILES string of the molecule is NC(=O)CCCCCCCCCCCCCCCCCCCCCCCCCCCCCCCCCCCCCCCCCCCCCCCCCCCCCCCCCC(=O)O. The molecule has 0 aromatic heterocycles. The molecule has 63 heavy (non-hydrogen) atoms. The van der Waals surface area contributed by atoms with Crippen molar-refractivity contribution in [1.82, 2.24) is 0 Å². The highest BCUT2D eigenvalue weighted by Gasteiger charge is 2.01. The quantitative estimate of drug-likeness (QED) is 0.0597. The second kappa shape index (κ2) is 57.1. The Labute approximate surface area is 396 Å². The predicted octanol–water partition coefficient (Wildman–Crippen LogP) is 20.8. The van der Waals surface area contributed by atoms with Crippen LogP contribution in [0.15, 0.2) is 0 Å². The Kier molecular flexibility index (Phi) is 56.1. The molecule has 0 rings (SSSR count). The van der Waals surface area contributed by atoms with Gasteiger partial charge in [-0.25, -0.2) is 0 Å². The second-order valence-electron chi connectivity index (χ2n) is 20.8. The van der Waals surface area contributed by atoms with Crippen LogP contribution in [0.1, 0.15) is 366 Å². The van der Waals surface area contributed by atoms with Gasteiger partial charge in [-0.3, -0.25) is 9.59 Å². The van der Waals surface area contributed by atoms with Gasteiger partial charge in [-0.2, -0.15) is 0 Å². The summed E-state index contributed by atoms with van der Waals surface area (Å²) in [6, 6.07) is 0. The van der Waals surface area contributed by atoms with Gasteiger partial charge >= 0.3 is 5.97 Å². The van der Waals surface area contributed by atoms with Crippen molar-refractivity contribution >= 4 is 11.9 Å². The molecule has 0 fully saturated rings. The first-order valence-electron chi connectivity index (χ1n) is 29.6. The number of carbonyl (C=O) groups excluding carboxylic acids is 1. The Balaban J connectivity index is 3.07. The fourth-order valence-electron chi connectivity index (χ4n) is 9.94. The van der Waals surface area contributed by atoms with E-state index in [-0.39, 0.29) is 5.91 Å². The van der Waals surface area contributed by atoms with Gasteiger partial charge < -0.3 is 10.8 Å². The van der Waals surface area contributed by atoms with Crippen molar-refractivity contribution in [1.29, 1.82) is 0 Å². The van der Waals surface area contributed by atoms with E-state index >= 15 is 0 Å². The fourth-order valence-corrected chi connectivity index (χ4v) is 9.94. The summed E-state index contributed by atoms with van der Waals surface area (Å²) in [4.78, 5) is 21.3. The summed E-state index contributed by atoms with van der Waals surface area (Å²) in [7, 11) is 0. The van der Waals surface area contributed by atoms with Gasteiger partial charge in [0.1, 0.15) is 0 Å². The highest BCUT2D eigenvalue weighted by molar-refractivity contribution is 5.73. The van der Waals surface area contributed by atoms with Gasteiger partial charge in [0.2, 0.25) is 5.91 Å².